The Morgan fingerprint density at radius 2 is 2.16 bits per heavy atom. The lowest BCUT2D eigenvalue weighted by Crippen LogP contribution is -2.47. The van der Waals surface area contributed by atoms with E-state index in [1.165, 1.54) is 0 Å². The summed E-state index contributed by atoms with van der Waals surface area (Å²) in [5, 5.41) is 3.54. The van der Waals surface area contributed by atoms with Crippen LogP contribution in [0, 0.1) is 5.92 Å². The summed E-state index contributed by atoms with van der Waals surface area (Å²) in [6.45, 7) is 5.96. The van der Waals surface area contributed by atoms with Gasteiger partial charge in [-0.3, -0.25) is 0 Å². The maximum Gasteiger partial charge on any atom is 0.409 e. The zero-order chi connectivity index (χ0) is 13.7. The predicted octanol–water partition coefficient (Wildman–Crippen LogP) is 2.97. The number of anilines is 1. The molecule has 1 heterocycles. The SMILES string of the molecule is CCOC(=O)N1CCC(Nc2ccccc2)C(C)C1. The van der Waals surface area contributed by atoms with Gasteiger partial charge in [0, 0.05) is 24.8 Å². The Balaban J connectivity index is 1.88. The van der Waals surface area contributed by atoms with Crippen LogP contribution in [-0.4, -0.2) is 36.7 Å². The fourth-order valence-electron chi connectivity index (χ4n) is 2.49. The van der Waals surface area contributed by atoms with Gasteiger partial charge in [0.2, 0.25) is 0 Å². The predicted molar refractivity (Wildman–Crippen MR) is 76.2 cm³/mol. The van der Waals surface area contributed by atoms with Crippen molar-refractivity contribution in [3.05, 3.63) is 30.3 Å². The third-order valence-electron chi connectivity index (χ3n) is 3.56. The summed E-state index contributed by atoms with van der Waals surface area (Å²) in [5.41, 5.74) is 1.14. The number of para-hydroxylation sites is 1. The third kappa shape index (κ3) is 3.63. The third-order valence-corrected chi connectivity index (χ3v) is 3.56. The number of carbonyl (C=O) groups is 1. The molecule has 2 unspecified atom stereocenters. The molecule has 4 heteroatoms. The second-order valence-corrected chi connectivity index (χ2v) is 5.03. The van der Waals surface area contributed by atoms with Crippen molar-refractivity contribution in [2.45, 2.75) is 26.3 Å². The van der Waals surface area contributed by atoms with Crippen LogP contribution >= 0.6 is 0 Å². The van der Waals surface area contributed by atoms with Crippen LogP contribution < -0.4 is 5.32 Å². The van der Waals surface area contributed by atoms with Crippen molar-refractivity contribution in [1.82, 2.24) is 4.90 Å². The lowest BCUT2D eigenvalue weighted by molar-refractivity contribution is 0.0879. The highest BCUT2D eigenvalue weighted by molar-refractivity contribution is 5.67. The minimum Gasteiger partial charge on any atom is -0.450 e. The van der Waals surface area contributed by atoms with Gasteiger partial charge in [-0.15, -0.1) is 0 Å². The Bertz CT molecular complexity index is 408. The van der Waals surface area contributed by atoms with E-state index in [0.29, 0.717) is 18.6 Å². The van der Waals surface area contributed by atoms with Crippen LogP contribution in [0.25, 0.3) is 0 Å². The first-order valence-electron chi connectivity index (χ1n) is 6.94. The molecule has 2 rings (SSSR count). The average molecular weight is 262 g/mol. The van der Waals surface area contributed by atoms with Crippen LogP contribution in [0.2, 0.25) is 0 Å². The Hall–Kier alpha value is -1.71. The molecule has 2 atom stereocenters. The highest BCUT2D eigenvalue weighted by atomic mass is 16.6. The van der Waals surface area contributed by atoms with Gasteiger partial charge in [-0.2, -0.15) is 0 Å². The summed E-state index contributed by atoms with van der Waals surface area (Å²) in [7, 11) is 0. The van der Waals surface area contributed by atoms with E-state index in [0.717, 1.165) is 25.2 Å². The summed E-state index contributed by atoms with van der Waals surface area (Å²) in [5.74, 6) is 0.415. The molecule has 0 saturated carbocycles. The molecule has 1 saturated heterocycles. The smallest absolute Gasteiger partial charge is 0.409 e. The summed E-state index contributed by atoms with van der Waals surface area (Å²) >= 11 is 0. The summed E-state index contributed by atoms with van der Waals surface area (Å²) in [6, 6.07) is 10.6. The molecular weight excluding hydrogens is 240 g/mol. The number of hydrogen-bond acceptors (Lipinski definition) is 3. The maximum absolute atomic E-state index is 11.7. The van der Waals surface area contributed by atoms with Crippen molar-refractivity contribution in [2.24, 2.45) is 5.92 Å². The minimum atomic E-state index is -0.187. The number of nitrogens with one attached hydrogen (secondary N) is 1. The molecular formula is C15H22N2O2. The van der Waals surface area contributed by atoms with Crippen molar-refractivity contribution in [3.63, 3.8) is 0 Å². The van der Waals surface area contributed by atoms with Crippen molar-refractivity contribution >= 4 is 11.8 Å². The second kappa shape index (κ2) is 6.45. The quantitative estimate of drug-likeness (QED) is 0.910. The van der Waals surface area contributed by atoms with Crippen LogP contribution in [0.5, 0.6) is 0 Å². The van der Waals surface area contributed by atoms with Crippen LogP contribution in [0.1, 0.15) is 20.3 Å². The lowest BCUT2D eigenvalue weighted by Gasteiger charge is -2.37. The van der Waals surface area contributed by atoms with Crippen molar-refractivity contribution < 1.29 is 9.53 Å². The molecule has 1 aromatic rings. The van der Waals surface area contributed by atoms with Gasteiger partial charge in [0.25, 0.3) is 0 Å². The fourth-order valence-corrected chi connectivity index (χ4v) is 2.49. The highest BCUT2D eigenvalue weighted by Gasteiger charge is 2.29. The second-order valence-electron chi connectivity index (χ2n) is 5.03. The summed E-state index contributed by atoms with van der Waals surface area (Å²) in [4.78, 5) is 13.5. The lowest BCUT2D eigenvalue weighted by atomic mass is 9.94. The zero-order valence-electron chi connectivity index (χ0n) is 11.6. The number of ether oxygens (including phenoxy) is 1. The van der Waals surface area contributed by atoms with E-state index in [4.69, 9.17) is 4.74 Å². The van der Waals surface area contributed by atoms with Crippen molar-refractivity contribution in [3.8, 4) is 0 Å². The Morgan fingerprint density at radius 1 is 1.42 bits per heavy atom. The topological polar surface area (TPSA) is 41.6 Å². The normalized spacial score (nSPS) is 22.9. The number of nitrogens with zero attached hydrogens (tertiary/aromatic N) is 1. The van der Waals surface area contributed by atoms with Crippen LogP contribution in [-0.2, 0) is 4.74 Å². The molecule has 104 valence electrons. The van der Waals surface area contributed by atoms with E-state index in [1.54, 1.807) is 4.90 Å². The molecule has 4 nitrogen and oxygen atoms in total. The number of rotatable bonds is 3. The number of benzene rings is 1. The van der Waals surface area contributed by atoms with Gasteiger partial charge < -0.3 is 15.0 Å². The highest BCUT2D eigenvalue weighted by Crippen LogP contribution is 2.21. The largest absolute Gasteiger partial charge is 0.450 e. The Labute approximate surface area is 114 Å². The van der Waals surface area contributed by atoms with Crippen LogP contribution in [0.15, 0.2) is 30.3 Å². The van der Waals surface area contributed by atoms with Crippen molar-refractivity contribution in [1.29, 1.82) is 0 Å². The molecule has 1 amide bonds. The molecule has 1 fully saturated rings. The van der Waals surface area contributed by atoms with E-state index in [1.807, 2.05) is 25.1 Å². The fraction of sp³-hybridized carbons (Fsp3) is 0.533. The van der Waals surface area contributed by atoms with Crippen LogP contribution in [0.3, 0.4) is 0 Å². The van der Waals surface area contributed by atoms with Gasteiger partial charge in [-0.1, -0.05) is 25.1 Å². The number of amides is 1. The molecule has 1 aromatic carbocycles. The van der Waals surface area contributed by atoms with E-state index in [9.17, 15) is 4.79 Å². The number of carbonyl (C=O) groups excluding carboxylic acids is 1. The molecule has 0 bridgehead atoms. The molecule has 0 radical (unpaired) electrons. The first-order chi connectivity index (χ1) is 9.20. The Kier molecular flexibility index (Phi) is 4.66. The number of piperidine rings is 1. The first-order valence-corrected chi connectivity index (χ1v) is 6.94. The van der Waals surface area contributed by atoms with Crippen molar-refractivity contribution in [2.75, 3.05) is 25.0 Å². The van der Waals surface area contributed by atoms with E-state index < -0.39 is 0 Å². The van der Waals surface area contributed by atoms with Crippen LogP contribution in [0.4, 0.5) is 10.5 Å². The van der Waals surface area contributed by atoms with E-state index >= 15 is 0 Å². The molecule has 0 spiro atoms. The van der Waals surface area contributed by atoms with Gasteiger partial charge in [0.15, 0.2) is 0 Å². The maximum atomic E-state index is 11.7. The molecule has 0 aromatic heterocycles. The average Bonchev–Trinajstić information content (AvgIpc) is 2.42. The van der Waals surface area contributed by atoms with E-state index in [-0.39, 0.29) is 6.09 Å². The standard InChI is InChI=1S/C15H22N2O2/c1-3-19-15(18)17-10-9-14(12(2)11-17)16-13-7-5-4-6-8-13/h4-8,12,14,16H,3,9-11H2,1-2H3. The van der Waals surface area contributed by atoms with E-state index in [2.05, 4.69) is 24.4 Å². The minimum absolute atomic E-state index is 0.187. The monoisotopic (exact) mass is 262 g/mol. The zero-order valence-corrected chi connectivity index (χ0v) is 11.6. The van der Waals surface area contributed by atoms with Gasteiger partial charge in [0.1, 0.15) is 0 Å². The molecule has 1 aliphatic rings. The summed E-state index contributed by atoms with van der Waals surface area (Å²) < 4.78 is 5.05. The number of hydrogen-bond donors (Lipinski definition) is 1. The molecule has 1 aliphatic heterocycles. The van der Waals surface area contributed by atoms with Gasteiger partial charge in [-0.05, 0) is 31.4 Å². The van der Waals surface area contributed by atoms with Gasteiger partial charge >= 0.3 is 6.09 Å². The van der Waals surface area contributed by atoms with Gasteiger partial charge in [0.05, 0.1) is 6.61 Å². The van der Waals surface area contributed by atoms with Gasteiger partial charge in [-0.25, -0.2) is 4.79 Å². The number of likely N-dealkylation sites (tertiary alicyclic amines) is 1. The Morgan fingerprint density at radius 3 is 2.79 bits per heavy atom. The molecule has 1 N–H and O–H groups in total. The first kappa shape index (κ1) is 13.7. The molecule has 19 heavy (non-hydrogen) atoms. The molecule has 0 aliphatic carbocycles. The summed E-state index contributed by atoms with van der Waals surface area (Å²) in [6.07, 6.45) is 0.766.